The predicted octanol–water partition coefficient (Wildman–Crippen LogP) is 1.91. The number of carbonyl (C=O) groups excluding carboxylic acids is 2. The SMILES string of the molecule is Cc1ccccc1CCNC(=O)COC(=O)c1ccccc1NCCO. The van der Waals surface area contributed by atoms with Gasteiger partial charge >= 0.3 is 5.97 Å². The highest BCUT2D eigenvalue weighted by Gasteiger charge is 2.14. The van der Waals surface area contributed by atoms with Crippen LogP contribution in [0.3, 0.4) is 0 Å². The van der Waals surface area contributed by atoms with Crippen molar-refractivity contribution in [3.05, 3.63) is 65.2 Å². The summed E-state index contributed by atoms with van der Waals surface area (Å²) in [4.78, 5) is 24.0. The molecule has 0 aliphatic heterocycles. The number of aliphatic hydroxyl groups is 1. The molecule has 3 N–H and O–H groups in total. The van der Waals surface area contributed by atoms with Crippen LogP contribution in [0.5, 0.6) is 0 Å². The molecule has 26 heavy (non-hydrogen) atoms. The summed E-state index contributed by atoms with van der Waals surface area (Å²) in [7, 11) is 0. The number of anilines is 1. The number of aliphatic hydroxyl groups excluding tert-OH is 1. The fourth-order valence-corrected chi connectivity index (χ4v) is 2.49. The summed E-state index contributed by atoms with van der Waals surface area (Å²) in [6.45, 7) is 2.45. The quantitative estimate of drug-likeness (QED) is 0.598. The van der Waals surface area contributed by atoms with Crippen LogP contribution in [0.25, 0.3) is 0 Å². The van der Waals surface area contributed by atoms with Gasteiger partial charge in [-0.25, -0.2) is 4.79 Å². The lowest BCUT2D eigenvalue weighted by Crippen LogP contribution is -2.30. The van der Waals surface area contributed by atoms with Crippen molar-refractivity contribution in [3.8, 4) is 0 Å². The van der Waals surface area contributed by atoms with E-state index in [2.05, 4.69) is 10.6 Å². The van der Waals surface area contributed by atoms with E-state index < -0.39 is 5.97 Å². The topological polar surface area (TPSA) is 87.7 Å². The third-order valence-electron chi connectivity index (χ3n) is 3.89. The highest BCUT2D eigenvalue weighted by molar-refractivity contribution is 5.96. The Bertz CT molecular complexity index is 746. The number of hydrogen-bond donors (Lipinski definition) is 3. The van der Waals surface area contributed by atoms with E-state index in [9.17, 15) is 9.59 Å². The van der Waals surface area contributed by atoms with Gasteiger partial charge in [0.1, 0.15) is 0 Å². The van der Waals surface area contributed by atoms with Crippen LogP contribution < -0.4 is 10.6 Å². The molecule has 2 rings (SSSR count). The lowest BCUT2D eigenvalue weighted by molar-refractivity contribution is -0.124. The lowest BCUT2D eigenvalue weighted by Gasteiger charge is -2.11. The van der Waals surface area contributed by atoms with Crippen molar-refractivity contribution >= 4 is 17.6 Å². The molecular weight excluding hydrogens is 332 g/mol. The van der Waals surface area contributed by atoms with Crippen molar-refractivity contribution in [2.75, 3.05) is 31.6 Å². The molecule has 0 unspecified atom stereocenters. The van der Waals surface area contributed by atoms with Crippen molar-refractivity contribution in [2.24, 2.45) is 0 Å². The van der Waals surface area contributed by atoms with Gasteiger partial charge in [-0.2, -0.15) is 0 Å². The molecule has 0 aliphatic carbocycles. The fourth-order valence-electron chi connectivity index (χ4n) is 2.49. The number of carbonyl (C=O) groups is 2. The summed E-state index contributed by atoms with van der Waals surface area (Å²) in [6, 6.07) is 14.8. The van der Waals surface area contributed by atoms with Gasteiger partial charge in [-0.05, 0) is 36.6 Å². The molecule has 1 amide bonds. The number of hydrogen-bond acceptors (Lipinski definition) is 5. The third kappa shape index (κ3) is 5.89. The zero-order chi connectivity index (χ0) is 18.8. The Balaban J connectivity index is 1.78. The maximum atomic E-state index is 12.2. The molecule has 0 spiro atoms. The van der Waals surface area contributed by atoms with Crippen molar-refractivity contribution in [3.63, 3.8) is 0 Å². The second-order valence-electron chi connectivity index (χ2n) is 5.80. The number of amides is 1. The molecule has 6 nitrogen and oxygen atoms in total. The van der Waals surface area contributed by atoms with Gasteiger partial charge in [0.05, 0.1) is 12.2 Å². The van der Waals surface area contributed by atoms with E-state index in [0.29, 0.717) is 24.3 Å². The Hall–Kier alpha value is -2.86. The van der Waals surface area contributed by atoms with Crippen molar-refractivity contribution < 1.29 is 19.4 Å². The summed E-state index contributed by atoms with van der Waals surface area (Å²) in [6.07, 6.45) is 0.722. The maximum absolute atomic E-state index is 12.2. The Morgan fingerprint density at radius 1 is 1.04 bits per heavy atom. The summed E-state index contributed by atoms with van der Waals surface area (Å²) in [5, 5.41) is 14.6. The van der Waals surface area contributed by atoms with E-state index in [1.807, 2.05) is 31.2 Å². The van der Waals surface area contributed by atoms with Crippen molar-refractivity contribution in [2.45, 2.75) is 13.3 Å². The van der Waals surface area contributed by atoms with Gasteiger partial charge in [0, 0.05) is 18.8 Å². The Labute approximate surface area is 153 Å². The molecule has 0 radical (unpaired) electrons. The first kappa shape index (κ1) is 19.5. The van der Waals surface area contributed by atoms with E-state index in [1.54, 1.807) is 24.3 Å². The Morgan fingerprint density at radius 2 is 1.77 bits per heavy atom. The molecule has 0 saturated heterocycles. The molecule has 138 valence electrons. The molecule has 0 fully saturated rings. The molecule has 2 aromatic rings. The van der Waals surface area contributed by atoms with Gasteiger partial charge < -0.3 is 20.5 Å². The monoisotopic (exact) mass is 356 g/mol. The highest BCUT2D eigenvalue weighted by atomic mass is 16.5. The van der Waals surface area contributed by atoms with E-state index in [1.165, 1.54) is 11.1 Å². The maximum Gasteiger partial charge on any atom is 0.340 e. The third-order valence-corrected chi connectivity index (χ3v) is 3.89. The Kier molecular flexibility index (Phi) is 7.64. The first-order chi connectivity index (χ1) is 12.6. The minimum Gasteiger partial charge on any atom is -0.452 e. The number of para-hydroxylation sites is 1. The number of esters is 1. The Morgan fingerprint density at radius 3 is 2.54 bits per heavy atom. The molecule has 0 saturated carbocycles. The normalized spacial score (nSPS) is 10.2. The first-order valence-corrected chi connectivity index (χ1v) is 8.54. The predicted molar refractivity (Wildman–Crippen MR) is 100 cm³/mol. The number of benzene rings is 2. The van der Waals surface area contributed by atoms with Gasteiger partial charge in [-0.3, -0.25) is 4.79 Å². The minimum atomic E-state index is -0.583. The smallest absolute Gasteiger partial charge is 0.340 e. The van der Waals surface area contributed by atoms with Crippen molar-refractivity contribution in [1.82, 2.24) is 5.32 Å². The minimum absolute atomic E-state index is 0.0489. The molecule has 0 atom stereocenters. The second-order valence-corrected chi connectivity index (χ2v) is 5.80. The van der Waals surface area contributed by atoms with Gasteiger partial charge in [-0.1, -0.05) is 36.4 Å². The van der Waals surface area contributed by atoms with Gasteiger partial charge in [0.25, 0.3) is 5.91 Å². The summed E-state index contributed by atoms with van der Waals surface area (Å²) in [5.74, 6) is -0.923. The molecule has 0 aliphatic rings. The van der Waals surface area contributed by atoms with Crippen LogP contribution in [0, 0.1) is 6.92 Å². The van der Waals surface area contributed by atoms with Crippen LogP contribution in [0.1, 0.15) is 21.5 Å². The summed E-state index contributed by atoms with van der Waals surface area (Å²) >= 11 is 0. The van der Waals surface area contributed by atoms with Gasteiger partial charge in [0.2, 0.25) is 0 Å². The van der Waals surface area contributed by atoms with Crippen LogP contribution in [0.2, 0.25) is 0 Å². The first-order valence-electron chi connectivity index (χ1n) is 8.54. The largest absolute Gasteiger partial charge is 0.452 e. The molecule has 6 heteroatoms. The molecule has 2 aromatic carbocycles. The number of nitrogens with one attached hydrogen (secondary N) is 2. The summed E-state index contributed by atoms with van der Waals surface area (Å²) in [5.41, 5.74) is 3.24. The number of rotatable bonds is 9. The van der Waals surface area contributed by atoms with Crippen LogP contribution in [-0.4, -0.2) is 43.3 Å². The van der Waals surface area contributed by atoms with Gasteiger partial charge in [-0.15, -0.1) is 0 Å². The van der Waals surface area contributed by atoms with Crippen LogP contribution in [-0.2, 0) is 16.0 Å². The van der Waals surface area contributed by atoms with E-state index in [0.717, 1.165) is 6.42 Å². The highest BCUT2D eigenvalue weighted by Crippen LogP contribution is 2.15. The zero-order valence-electron chi connectivity index (χ0n) is 14.8. The average molecular weight is 356 g/mol. The number of ether oxygens (including phenoxy) is 1. The standard InChI is InChI=1S/C20H24N2O4/c1-15-6-2-3-7-16(15)10-11-22-19(24)14-26-20(25)17-8-4-5-9-18(17)21-12-13-23/h2-9,21,23H,10-14H2,1H3,(H,22,24). The second kappa shape index (κ2) is 10.2. The zero-order valence-corrected chi connectivity index (χ0v) is 14.8. The van der Waals surface area contributed by atoms with Crippen LogP contribution in [0.4, 0.5) is 5.69 Å². The average Bonchev–Trinajstić information content (AvgIpc) is 2.66. The van der Waals surface area contributed by atoms with E-state index in [-0.39, 0.29) is 19.1 Å². The van der Waals surface area contributed by atoms with E-state index >= 15 is 0 Å². The molecule has 0 aromatic heterocycles. The number of aryl methyl sites for hydroxylation is 1. The molecule has 0 bridgehead atoms. The fraction of sp³-hybridized carbons (Fsp3) is 0.300. The molecule has 0 heterocycles. The summed E-state index contributed by atoms with van der Waals surface area (Å²) < 4.78 is 5.08. The van der Waals surface area contributed by atoms with Crippen LogP contribution >= 0.6 is 0 Å². The van der Waals surface area contributed by atoms with Gasteiger partial charge in [0.15, 0.2) is 6.61 Å². The lowest BCUT2D eigenvalue weighted by atomic mass is 10.1. The molecular formula is C20H24N2O4. The van der Waals surface area contributed by atoms with E-state index in [4.69, 9.17) is 9.84 Å². The van der Waals surface area contributed by atoms with Crippen LogP contribution in [0.15, 0.2) is 48.5 Å². The van der Waals surface area contributed by atoms with Crippen molar-refractivity contribution in [1.29, 1.82) is 0 Å².